The topological polar surface area (TPSA) is 126 Å². The molecule has 0 unspecified atom stereocenters. The van der Waals surface area contributed by atoms with Gasteiger partial charge in [-0.2, -0.15) is 4.68 Å². The molecule has 0 bridgehead atoms. The largest absolute Gasteiger partial charge is 0.492 e. The summed E-state index contributed by atoms with van der Waals surface area (Å²) in [4.78, 5) is 21.3. The monoisotopic (exact) mass is 299 g/mol. The maximum Gasteiger partial charge on any atom is 0.492 e. The summed E-state index contributed by atoms with van der Waals surface area (Å²) in [6.07, 6.45) is 2.86. The fraction of sp³-hybridized carbons (Fsp3) is 0.143. The van der Waals surface area contributed by atoms with E-state index in [2.05, 4.69) is 36.0 Å². The van der Waals surface area contributed by atoms with E-state index in [0.29, 0.717) is 11.5 Å². The van der Waals surface area contributed by atoms with Crippen molar-refractivity contribution in [2.24, 2.45) is 0 Å². The van der Waals surface area contributed by atoms with Crippen LogP contribution in [0.5, 0.6) is 0 Å². The highest BCUT2D eigenvalue weighted by Gasteiger charge is 2.19. The van der Waals surface area contributed by atoms with Crippen LogP contribution in [0.25, 0.3) is 0 Å². The lowest BCUT2D eigenvalue weighted by atomic mass is 10.4. The lowest BCUT2D eigenvalue weighted by Gasteiger charge is -1.97. The Hall–Kier alpha value is -2.10. The molecule has 2 rings (SSSR count). The van der Waals surface area contributed by atoms with Gasteiger partial charge >= 0.3 is 5.95 Å². The molecule has 0 atom stereocenters. The average molecular weight is 300 g/mol. The third-order valence-electron chi connectivity index (χ3n) is 1.82. The number of nitrogens with two attached hydrogens (primary N) is 1. The van der Waals surface area contributed by atoms with Gasteiger partial charge in [0.1, 0.15) is 12.4 Å². The van der Waals surface area contributed by atoms with E-state index >= 15 is 0 Å². The first kappa shape index (κ1) is 11.4. The SMILES string of the molecule is Nc1cnc(Cn2nc([N+](=O)[O-])nc2Br)cn1. The maximum absolute atomic E-state index is 10.5. The molecule has 0 fully saturated rings. The minimum Gasteiger partial charge on any atom is -0.390 e. The molecular formula is C7H6BrN7O2. The summed E-state index contributed by atoms with van der Waals surface area (Å²) >= 11 is 3.07. The van der Waals surface area contributed by atoms with Gasteiger partial charge in [-0.25, -0.2) is 4.98 Å². The molecule has 2 heterocycles. The molecule has 2 aromatic heterocycles. The first-order valence-electron chi connectivity index (χ1n) is 4.37. The van der Waals surface area contributed by atoms with Crippen molar-refractivity contribution in [2.45, 2.75) is 6.54 Å². The summed E-state index contributed by atoms with van der Waals surface area (Å²) in [6.45, 7) is 0.217. The molecule has 17 heavy (non-hydrogen) atoms. The zero-order valence-electron chi connectivity index (χ0n) is 8.32. The lowest BCUT2D eigenvalue weighted by Crippen LogP contribution is -2.05. The highest BCUT2D eigenvalue weighted by atomic mass is 79.9. The Balaban J connectivity index is 2.24. The van der Waals surface area contributed by atoms with Crippen molar-refractivity contribution in [1.29, 1.82) is 0 Å². The number of rotatable bonds is 3. The number of nitrogen functional groups attached to an aromatic ring is 1. The third kappa shape index (κ3) is 2.53. The first-order valence-corrected chi connectivity index (χ1v) is 5.16. The van der Waals surface area contributed by atoms with E-state index in [1.165, 1.54) is 17.1 Å². The van der Waals surface area contributed by atoms with Gasteiger partial charge < -0.3 is 15.8 Å². The van der Waals surface area contributed by atoms with E-state index in [1.54, 1.807) is 0 Å². The second kappa shape index (κ2) is 4.41. The number of nitro groups is 1. The predicted molar refractivity (Wildman–Crippen MR) is 59.9 cm³/mol. The van der Waals surface area contributed by atoms with Crippen LogP contribution < -0.4 is 5.73 Å². The van der Waals surface area contributed by atoms with Gasteiger partial charge in [0.2, 0.25) is 0 Å². The van der Waals surface area contributed by atoms with Gasteiger partial charge in [-0.1, -0.05) is 0 Å². The second-order valence-electron chi connectivity index (χ2n) is 3.03. The Labute approximate surface area is 103 Å². The zero-order valence-corrected chi connectivity index (χ0v) is 9.90. The standard InChI is InChI=1S/C7H6BrN7O2/c8-6-12-7(15(16)17)13-14(6)3-4-1-11-5(9)2-10-4/h1-2H,3H2,(H2,9,11). The van der Waals surface area contributed by atoms with Crippen LogP contribution in [0.15, 0.2) is 17.1 Å². The predicted octanol–water partition coefficient (Wildman–Crippen LogP) is 0.369. The molecular weight excluding hydrogens is 294 g/mol. The number of nitrogens with zero attached hydrogens (tertiary/aromatic N) is 6. The number of hydrogen-bond donors (Lipinski definition) is 1. The normalized spacial score (nSPS) is 10.4. The molecule has 0 saturated carbocycles. The van der Waals surface area contributed by atoms with Crippen molar-refractivity contribution >= 4 is 27.7 Å². The van der Waals surface area contributed by atoms with Crippen LogP contribution in [0.4, 0.5) is 11.8 Å². The first-order chi connectivity index (χ1) is 8.06. The van der Waals surface area contributed by atoms with Crippen molar-refractivity contribution in [3.05, 3.63) is 32.9 Å². The molecule has 0 aliphatic carbocycles. The molecule has 2 N–H and O–H groups in total. The summed E-state index contributed by atoms with van der Waals surface area (Å²) in [5.74, 6) is -0.169. The van der Waals surface area contributed by atoms with Crippen molar-refractivity contribution < 1.29 is 4.92 Å². The van der Waals surface area contributed by atoms with Gasteiger partial charge in [0, 0.05) is 21.0 Å². The van der Waals surface area contributed by atoms with E-state index in [-0.39, 0.29) is 11.3 Å². The second-order valence-corrected chi connectivity index (χ2v) is 3.74. The number of anilines is 1. The summed E-state index contributed by atoms with van der Waals surface area (Å²) in [7, 11) is 0. The Morgan fingerprint density at radius 3 is 2.76 bits per heavy atom. The fourth-order valence-corrected chi connectivity index (χ4v) is 1.45. The summed E-state index contributed by atoms with van der Waals surface area (Å²) in [5, 5.41) is 14.2. The van der Waals surface area contributed by atoms with Crippen LogP contribution in [-0.4, -0.2) is 29.7 Å². The molecule has 0 aliphatic heterocycles. The molecule has 0 aliphatic rings. The molecule has 10 heteroatoms. The quantitative estimate of drug-likeness (QED) is 0.641. The molecule has 2 aromatic rings. The van der Waals surface area contributed by atoms with Crippen molar-refractivity contribution in [2.75, 3.05) is 5.73 Å². The van der Waals surface area contributed by atoms with Crippen molar-refractivity contribution in [3.8, 4) is 0 Å². The Bertz CT molecular complexity index is 552. The van der Waals surface area contributed by atoms with E-state index < -0.39 is 10.9 Å². The van der Waals surface area contributed by atoms with Crippen LogP contribution in [0.3, 0.4) is 0 Å². The van der Waals surface area contributed by atoms with Gasteiger partial charge in [-0.3, -0.25) is 4.98 Å². The Morgan fingerprint density at radius 1 is 1.47 bits per heavy atom. The molecule has 0 radical (unpaired) electrons. The zero-order chi connectivity index (χ0) is 12.4. The van der Waals surface area contributed by atoms with Crippen LogP contribution in [0, 0.1) is 10.1 Å². The molecule has 0 spiro atoms. The number of aromatic nitrogens is 5. The van der Waals surface area contributed by atoms with Gasteiger partial charge in [0.25, 0.3) is 4.73 Å². The summed E-state index contributed by atoms with van der Waals surface area (Å²) in [6, 6.07) is 0. The Morgan fingerprint density at radius 2 is 2.24 bits per heavy atom. The minimum atomic E-state index is -0.671. The van der Waals surface area contributed by atoms with Crippen LogP contribution in [-0.2, 0) is 6.54 Å². The van der Waals surface area contributed by atoms with Crippen LogP contribution in [0.1, 0.15) is 5.69 Å². The Kier molecular flexibility index (Phi) is 2.95. The molecule has 88 valence electrons. The van der Waals surface area contributed by atoms with Gasteiger partial charge in [-0.15, -0.1) is 0 Å². The number of halogens is 1. The maximum atomic E-state index is 10.5. The van der Waals surface area contributed by atoms with E-state index in [4.69, 9.17) is 5.73 Å². The van der Waals surface area contributed by atoms with Gasteiger partial charge in [-0.05, 0) is 9.91 Å². The lowest BCUT2D eigenvalue weighted by molar-refractivity contribution is -0.394. The van der Waals surface area contributed by atoms with Gasteiger partial charge in [0.05, 0.1) is 18.1 Å². The van der Waals surface area contributed by atoms with Crippen LogP contribution >= 0.6 is 15.9 Å². The van der Waals surface area contributed by atoms with Crippen molar-refractivity contribution in [1.82, 2.24) is 24.7 Å². The molecule has 0 amide bonds. The average Bonchev–Trinajstić information content (AvgIpc) is 2.64. The molecule has 9 nitrogen and oxygen atoms in total. The fourth-order valence-electron chi connectivity index (χ4n) is 1.09. The third-order valence-corrected chi connectivity index (χ3v) is 2.40. The van der Waals surface area contributed by atoms with E-state index in [0.717, 1.165) is 0 Å². The minimum absolute atomic E-state index is 0.217. The van der Waals surface area contributed by atoms with Crippen molar-refractivity contribution in [3.63, 3.8) is 0 Å². The molecule has 0 saturated heterocycles. The highest BCUT2D eigenvalue weighted by molar-refractivity contribution is 9.10. The highest BCUT2D eigenvalue weighted by Crippen LogP contribution is 2.13. The summed E-state index contributed by atoms with van der Waals surface area (Å²) < 4.78 is 1.56. The smallest absolute Gasteiger partial charge is 0.390 e. The van der Waals surface area contributed by atoms with Crippen LogP contribution in [0.2, 0.25) is 0 Å². The van der Waals surface area contributed by atoms with Gasteiger partial charge in [0.15, 0.2) is 0 Å². The van der Waals surface area contributed by atoms with E-state index in [9.17, 15) is 10.1 Å². The van der Waals surface area contributed by atoms with E-state index in [1.807, 2.05) is 0 Å². The molecule has 0 aromatic carbocycles. The number of hydrogen-bond acceptors (Lipinski definition) is 7. The summed E-state index contributed by atoms with van der Waals surface area (Å²) in [5.41, 5.74) is 5.96.